The van der Waals surface area contributed by atoms with Crippen molar-refractivity contribution < 1.29 is 98.0 Å². The van der Waals surface area contributed by atoms with Crippen LogP contribution in [0.4, 0.5) is 0 Å². The molecule has 39 heavy (non-hydrogen) atoms. The highest BCUT2D eigenvalue weighted by atomic mass is 31.2. The summed E-state index contributed by atoms with van der Waals surface area (Å²) in [4.78, 5) is 0. The van der Waals surface area contributed by atoms with E-state index in [1.54, 1.807) is 0 Å². The molecule has 16 atom stereocenters. The number of rotatable bonds is 7. The van der Waals surface area contributed by atoms with Crippen LogP contribution in [-0.2, 0) is 41.8 Å². The fourth-order valence-electron chi connectivity index (χ4n) is 5.02. The Balaban J connectivity index is 1.40. The van der Waals surface area contributed by atoms with E-state index in [9.17, 15) is 60.7 Å². The molecule has 0 aromatic heterocycles. The van der Waals surface area contributed by atoms with E-state index in [0.717, 1.165) is 0 Å². The molecule has 5 aliphatic heterocycles. The molecular formula is C18H29O20P. The first kappa shape index (κ1) is 29.9. The topological polar surface area (TPSA) is 313 Å². The van der Waals surface area contributed by atoms with Crippen molar-refractivity contribution in [2.24, 2.45) is 0 Å². The van der Waals surface area contributed by atoms with Gasteiger partial charge >= 0.3 is 19.6 Å². The average molecular weight is 596 g/mol. The van der Waals surface area contributed by atoms with E-state index in [1.807, 2.05) is 0 Å². The molecule has 5 rings (SSSR count). The normalized spacial score (nSPS) is 59.1. The van der Waals surface area contributed by atoms with E-state index < -0.39 is 119 Å². The lowest BCUT2D eigenvalue weighted by atomic mass is 9.89. The molecule has 0 aliphatic carbocycles. The summed E-state index contributed by atoms with van der Waals surface area (Å²) < 4.78 is 53.7. The molecule has 226 valence electrons. The van der Waals surface area contributed by atoms with Gasteiger partial charge in [-0.1, -0.05) is 0 Å². The second kappa shape index (κ2) is 10.0. The third kappa shape index (κ3) is 4.24. The van der Waals surface area contributed by atoms with Gasteiger partial charge in [-0.05, 0) is 0 Å². The highest BCUT2D eigenvalue weighted by molar-refractivity contribution is 7.49. The van der Waals surface area contributed by atoms with Crippen LogP contribution < -0.4 is 0 Å². The van der Waals surface area contributed by atoms with Crippen molar-refractivity contribution in [1.82, 2.24) is 0 Å². The lowest BCUT2D eigenvalue weighted by molar-refractivity contribution is -0.546. The fourth-order valence-corrected chi connectivity index (χ4v) is 6.77. The summed E-state index contributed by atoms with van der Waals surface area (Å²) in [6, 6.07) is 0. The van der Waals surface area contributed by atoms with Gasteiger partial charge in [0, 0.05) is 0 Å². The Morgan fingerprint density at radius 3 is 1.90 bits per heavy atom. The molecule has 5 saturated heterocycles. The first-order valence-corrected chi connectivity index (χ1v) is 13.1. The Morgan fingerprint density at radius 2 is 1.31 bits per heavy atom. The summed E-state index contributed by atoms with van der Waals surface area (Å²) in [6.45, 7) is -2.88. The number of aliphatic hydroxyl groups is 11. The second-order valence-corrected chi connectivity index (χ2v) is 11.0. The summed E-state index contributed by atoms with van der Waals surface area (Å²) in [5.74, 6) is -9.82. The molecule has 5 heterocycles. The Bertz CT molecular complexity index is 969. The van der Waals surface area contributed by atoms with E-state index in [0.29, 0.717) is 0 Å². The lowest BCUT2D eigenvalue weighted by Gasteiger charge is -2.54. The predicted molar refractivity (Wildman–Crippen MR) is 109 cm³/mol. The van der Waals surface area contributed by atoms with Crippen LogP contribution >= 0.6 is 7.82 Å². The predicted octanol–water partition coefficient (Wildman–Crippen LogP) is -7.40. The molecule has 0 amide bonds. The summed E-state index contributed by atoms with van der Waals surface area (Å²) in [6.07, 6.45) is -22.7. The number of ether oxygens (including phenoxy) is 5. The van der Waals surface area contributed by atoms with Crippen LogP contribution in [0.2, 0.25) is 0 Å². The Morgan fingerprint density at radius 1 is 0.718 bits per heavy atom. The molecular weight excluding hydrogens is 567 g/mol. The van der Waals surface area contributed by atoms with Gasteiger partial charge in [0.2, 0.25) is 0 Å². The van der Waals surface area contributed by atoms with Crippen molar-refractivity contribution in [2.75, 3.05) is 19.8 Å². The van der Waals surface area contributed by atoms with Crippen LogP contribution in [0.25, 0.3) is 0 Å². The van der Waals surface area contributed by atoms with Gasteiger partial charge in [-0.25, -0.2) is 18.1 Å². The van der Waals surface area contributed by atoms with Crippen LogP contribution in [0.3, 0.4) is 0 Å². The molecule has 0 spiro atoms. The highest BCUT2D eigenvalue weighted by Crippen LogP contribution is 2.77. The average Bonchev–Trinajstić information content (AvgIpc) is 3.26. The van der Waals surface area contributed by atoms with Gasteiger partial charge < -0.3 is 79.9 Å². The van der Waals surface area contributed by atoms with E-state index in [4.69, 9.17) is 37.3 Å². The molecule has 21 heteroatoms. The van der Waals surface area contributed by atoms with Crippen LogP contribution in [0.5, 0.6) is 0 Å². The minimum Gasteiger partial charge on any atom is -0.394 e. The molecule has 5 aliphatic rings. The van der Waals surface area contributed by atoms with Crippen molar-refractivity contribution in [3.63, 3.8) is 0 Å². The van der Waals surface area contributed by atoms with Gasteiger partial charge in [0.05, 0.1) is 19.8 Å². The molecule has 0 saturated carbocycles. The zero-order valence-electron chi connectivity index (χ0n) is 19.6. The van der Waals surface area contributed by atoms with Crippen molar-refractivity contribution in [1.29, 1.82) is 0 Å². The summed E-state index contributed by atoms with van der Waals surface area (Å²) in [7, 11) is -4.89. The largest absolute Gasteiger partial charge is 0.485 e. The van der Waals surface area contributed by atoms with Crippen molar-refractivity contribution >= 4 is 7.82 Å². The third-order valence-corrected chi connectivity index (χ3v) is 8.56. The van der Waals surface area contributed by atoms with Gasteiger partial charge in [0.15, 0.2) is 12.6 Å². The number of fused-ring (bicyclic) bond motifs is 1. The van der Waals surface area contributed by atoms with Gasteiger partial charge in [-0.2, -0.15) is 0 Å². The molecule has 0 aromatic rings. The molecule has 0 aromatic carbocycles. The van der Waals surface area contributed by atoms with Crippen LogP contribution in [-0.4, -0.2) is 167 Å². The quantitative estimate of drug-likeness (QED) is 0.122. The number of phosphoric ester groups is 1. The summed E-state index contributed by atoms with van der Waals surface area (Å²) in [5, 5.41) is 113. The molecule has 20 nitrogen and oxygen atoms in total. The minimum absolute atomic E-state index is 0.829. The maximum absolute atomic E-state index is 12.7. The molecule has 2 bridgehead atoms. The lowest BCUT2D eigenvalue weighted by Crippen LogP contribution is -2.80. The smallest absolute Gasteiger partial charge is 0.394 e. The first-order chi connectivity index (χ1) is 18.2. The van der Waals surface area contributed by atoms with Crippen LogP contribution in [0.1, 0.15) is 0 Å². The summed E-state index contributed by atoms with van der Waals surface area (Å²) >= 11 is 0. The zero-order valence-corrected chi connectivity index (χ0v) is 20.5. The molecule has 5 fully saturated rings. The van der Waals surface area contributed by atoms with Crippen LogP contribution in [0, 0.1) is 0 Å². The monoisotopic (exact) mass is 596 g/mol. The van der Waals surface area contributed by atoms with Crippen molar-refractivity contribution in [3.8, 4) is 0 Å². The Kier molecular flexibility index (Phi) is 7.71. The van der Waals surface area contributed by atoms with Crippen LogP contribution in [0.15, 0.2) is 0 Å². The Labute approximate surface area is 217 Å². The van der Waals surface area contributed by atoms with Gasteiger partial charge in [0.25, 0.3) is 5.79 Å². The van der Waals surface area contributed by atoms with E-state index >= 15 is 0 Å². The van der Waals surface area contributed by atoms with Crippen molar-refractivity contribution in [3.05, 3.63) is 0 Å². The minimum atomic E-state index is -4.89. The maximum atomic E-state index is 12.7. The standard InChI is InChI=1S/C18H29O20P/c19-1-4-11(7(22)9(24)14(27)31-4)33-15-10(25)8(23)12(5(2-20)32-15)35-18-17(29)16(28,13(26)6(3-21)34-18)36-39(30,37-17)38-18/h4-15,19-29H,1-3H2/t4-,5-,6-,7-,8-,9-,10-,11-,12-,13+,14+,15?,16+,17-,18?,39?/m1/s1. The number of hydrogen-bond donors (Lipinski definition) is 11. The maximum Gasteiger partial charge on any atom is 0.485 e. The van der Waals surface area contributed by atoms with Gasteiger partial charge in [0.1, 0.15) is 61.0 Å². The molecule has 11 N–H and O–H groups in total. The fraction of sp³-hybridized carbons (Fsp3) is 1.00. The SMILES string of the molecule is O=P12OC3(O[C@H]4[C@H](O)[C@@H](O)C(O[C@H]5[C@H](O)[C@@H](O)[C@@H](O)O[C@@H]5CO)O[C@@H]4CO)O[C@H](CO)[C@H](O)[C@](O)(O1)[C@@]3(O)O2. The highest BCUT2D eigenvalue weighted by Gasteiger charge is 2.91. The number of aliphatic hydroxyl groups excluding tert-OH is 9. The van der Waals surface area contributed by atoms with E-state index in [1.165, 1.54) is 0 Å². The third-order valence-electron chi connectivity index (χ3n) is 7.11. The number of phosphoric acid groups is 1. The van der Waals surface area contributed by atoms with Gasteiger partial charge in [-0.15, -0.1) is 0 Å². The van der Waals surface area contributed by atoms with Crippen molar-refractivity contribution in [2.45, 2.75) is 91.2 Å². The first-order valence-electron chi connectivity index (χ1n) is 11.6. The Hall–Kier alpha value is -0.530. The second-order valence-electron chi connectivity index (χ2n) is 9.52. The zero-order chi connectivity index (χ0) is 28.7. The molecule has 0 radical (unpaired) electrons. The number of hydrogen-bond acceptors (Lipinski definition) is 20. The summed E-state index contributed by atoms with van der Waals surface area (Å²) in [5.41, 5.74) is 0. The molecule has 3 unspecified atom stereocenters. The van der Waals surface area contributed by atoms with E-state index in [-0.39, 0.29) is 0 Å². The van der Waals surface area contributed by atoms with E-state index in [2.05, 4.69) is 0 Å². The van der Waals surface area contributed by atoms with Gasteiger partial charge in [-0.3, -0.25) is 0 Å².